The van der Waals surface area contributed by atoms with Crippen LogP contribution in [0.4, 0.5) is 13.2 Å². The van der Waals surface area contributed by atoms with Crippen LogP contribution in [0.15, 0.2) is 48.5 Å². The number of aromatic nitrogens is 1. The quantitative estimate of drug-likeness (QED) is 0.708. The summed E-state index contributed by atoms with van der Waals surface area (Å²) >= 11 is 0. The van der Waals surface area contributed by atoms with Crippen molar-refractivity contribution in [2.75, 3.05) is 0 Å². The van der Waals surface area contributed by atoms with Crippen molar-refractivity contribution in [2.24, 2.45) is 7.05 Å². The molecule has 1 amide bonds. The SMILES string of the molecule is Cn1c(C(=O)N2Cc3ccccc3C[C@@H]2C(=O)O)cc2cc(C(F)(F)F)ccc21. The van der Waals surface area contributed by atoms with E-state index in [9.17, 15) is 27.9 Å². The van der Waals surface area contributed by atoms with Crippen LogP contribution in [-0.4, -0.2) is 32.5 Å². The fourth-order valence-electron chi connectivity index (χ4n) is 3.84. The Morgan fingerprint density at radius 2 is 1.76 bits per heavy atom. The molecule has 1 aliphatic rings. The van der Waals surface area contributed by atoms with Gasteiger partial charge in [-0.25, -0.2) is 4.79 Å². The summed E-state index contributed by atoms with van der Waals surface area (Å²) in [6.07, 6.45) is -4.31. The zero-order valence-electron chi connectivity index (χ0n) is 15.4. The van der Waals surface area contributed by atoms with E-state index >= 15 is 0 Å². The Morgan fingerprint density at radius 3 is 2.41 bits per heavy atom. The van der Waals surface area contributed by atoms with Crippen molar-refractivity contribution in [3.8, 4) is 0 Å². The lowest BCUT2D eigenvalue weighted by Crippen LogP contribution is -2.49. The van der Waals surface area contributed by atoms with Gasteiger partial charge in [-0.3, -0.25) is 4.79 Å². The Morgan fingerprint density at radius 1 is 1.07 bits per heavy atom. The lowest BCUT2D eigenvalue weighted by atomic mass is 9.93. The highest BCUT2D eigenvalue weighted by atomic mass is 19.4. The molecule has 2 aromatic carbocycles. The maximum absolute atomic E-state index is 13.2. The first-order chi connectivity index (χ1) is 13.7. The maximum Gasteiger partial charge on any atom is 0.416 e. The number of carbonyl (C=O) groups excluding carboxylic acids is 1. The molecular weight excluding hydrogens is 385 g/mol. The van der Waals surface area contributed by atoms with E-state index in [2.05, 4.69) is 0 Å². The molecule has 0 aliphatic carbocycles. The zero-order chi connectivity index (χ0) is 20.9. The van der Waals surface area contributed by atoms with Gasteiger partial charge < -0.3 is 14.6 Å². The highest BCUT2D eigenvalue weighted by Crippen LogP contribution is 2.33. The number of nitrogens with zero attached hydrogens (tertiary/aromatic N) is 2. The first kappa shape index (κ1) is 19.0. The standard InChI is InChI=1S/C21H17F3N2O3/c1-25-16-7-6-15(21(22,23)24)8-14(16)10-17(25)19(27)26-11-13-5-3-2-4-12(13)9-18(26)20(28)29/h2-8,10,18H,9,11H2,1H3,(H,28,29)/t18-/m1/s1. The first-order valence-electron chi connectivity index (χ1n) is 8.94. The van der Waals surface area contributed by atoms with Crippen molar-refractivity contribution < 1.29 is 27.9 Å². The van der Waals surface area contributed by atoms with E-state index < -0.39 is 29.7 Å². The Hall–Kier alpha value is -3.29. The van der Waals surface area contributed by atoms with Gasteiger partial charge in [0, 0.05) is 30.9 Å². The van der Waals surface area contributed by atoms with E-state index in [0.717, 1.165) is 23.3 Å². The number of rotatable bonds is 2. The molecule has 1 aliphatic heterocycles. The molecule has 2 heterocycles. The van der Waals surface area contributed by atoms with E-state index in [1.165, 1.54) is 21.6 Å². The summed E-state index contributed by atoms with van der Waals surface area (Å²) in [7, 11) is 1.58. The number of alkyl halides is 3. The summed E-state index contributed by atoms with van der Waals surface area (Å²) in [6, 6.07) is 10.9. The molecule has 3 aromatic rings. The Labute approximate surface area is 164 Å². The number of amides is 1. The van der Waals surface area contributed by atoms with Gasteiger partial charge in [0.05, 0.1) is 5.56 Å². The predicted octanol–water partition coefficient (Wildman–Crippen LogP) is 3.85. The van der Waals surface area contributed by atoms with Crippen molar-refractivity contribution in [1.82, 2.24) is 9.47 Å². The third-order valence-electron chi connectivity index (χ3n) is 5.38. The number of hydrogen-bond acceptors (Lipinski definition) is 2. The summed E-state index contributed by atoms with van der Waals surface area (Å²) in [5.41, 5.74) is 1.53. The third-order valence-corrected chi connectivity index (χ3v) is 5.38. The normalized spacial score (nSPS) is 16.7. The van der Waals surface area contributed by atoms with Gasteiger partial charge in [-0.2, -0.15) is 13.2 Å². The molecule has 0 unspecified atom stereocenters. The summed E-state index contributed by atoms with van der Waals surface area (Å²) in [6.45, 7) is 0.126. The number of carbonyl (C=O) groups is 2. The van der Waals surface area contributed by atoms with Crippen molar-refractivity contribution in [3.63, 3.8) is 0 Å². The van der Waals surface area contributed by atoms with Gasteiger partial charge in [0.1, 0.15) is 11.7 Å². The number of hydrogen-bond donors (Lipinski definition) is 1. The van der Waals surface area contributed by atoms with Gasteiger partial charge in [-0.1, -0.05) is 24.3 Å². The number of aliphatic carboxylic acids is 1. The van der Waals surface area contributed by atoms with Crippen molar-refractivity contribution in [2.45, 2.75) is 25.2 Å². The van der Waals surface area contributed by atoms with Gasteiger partial charge in [0.25, 0.3) is 5.91 Å². The van der Waals surface area contributed by atoms with Crippen LogP contribution in [0, 0.1) is 0 Å². The third kappa shape index (κ3) is 3.24. The second-order valence-corrected chi connectivity index (χ2v) is 7.12. The van der Waals surface area contributed by atoms with Crippen LogP contribution in [0.1, 0.15) is 27.2 Å². The van der Waals surface area contributed by atoms with E-state index in [-0.39, 0.29) is 24.0 Å². The molecule has 4 rings (SSSR count). The second kappa shape index (κ2) is 6.65. The number of aryl methyl sites for hydroxylation is 1. The minimum Gasteiger partial charge on any atom is -0.480 e. The van der Waals surface area contributed by atoms with E-state index in [1.807, 2.05) is 24.3 Å². The van der Waals surface area contributed by atoms with Gasteiger partial charge in [-0.15, -0.1) is 0 Å². The molecule has 1 atom stereocenters. The largest absolute Gasteiger partial charge is 0.480 e. The highest BCUT2D eigenvalue weighted by Gasteiger charge is 2.36. The van der Waals surface area contributed by atoms with Gasteiger partial charge in [-0.05, 0) is 35.4 Å². The topological polar surface area (TPSA) is 62.5 Å². The minimum atomic E-state index is -4.49. The second-order valence-electron chi connectivity index (χ2n) is 7.12. The molecule has 0 saturated heterocycles. The molecule has 0 saturated carbocycles. The summed E-state index contributed by atoms with van der Waals surface area (Å²) in [5, 5.41) is 9.91. The summed E-state index contributed by atoms with van der Waals surface area (Å²) in [5.74, 6) is -1.65. The number of fused-ring (bicyclic) bond motifs is 2. The van der Waals surface area contributed by atoms with Crippen LogP contribution < -0.4 is 0 Å². The Bertz CT molecular complexity index is 1130. The molecule has 0 fully saturated rings. The molecule has 150 valence electrons. The molecule has 29 heavy (non-hydrogen) atoms. The maximum atomic E-state index is 13.2. The Balaban J connectivity index is 1.76. The number of carboxylic acids is 1. The van der Waals surface area contributed by atoms with Gasteiger partial charge >= 0.3 is 12.1 Å². The molecule has 0 bridgehead atoms. The number of carboxylic acid groups (broad SMARTS) is 1. The molecule has 5 nitrogen and oxygen atoms in total. The smallest absolute Gasteiger partial charge is 0.416 e. The Kier molecular flexibility index (Phi) is 4.37. The highest BCUT2D eigenvalue weighted by molar-refractivity contribution is 6.00. The van der Waals surface area contributed by atoms with Crippen LogP contribution in [-0.2, 0) is 31.0 Å². The zero-order valence-corrected chi connectivity index (χ0v) is 15.4. The number of halogens is 3. The summed E-state index contributed by atoms with van der Waals surface area (Å²) in [4.78, 5) is 26.3. The molecule has 1 aromatic heterocycles. The average molecular weight is 402 g/mol. The van der Waals surface area contributed by atoms with Crippen LogP contribution in [0.25, 0.3) is 10.9 Å². The molecule has 0 spiro atoms. The molecule has 1 N–H and O–H groups in total. The fraction of sp³-hybridized carbons (Fsp3) is 0.238. The monoisotopic (exact) mass is 402 g/mol. The van der Waals surface area contributed by atoms with Crippen molar-refractivity contribution in [1.29, 1.82) is 0 Å². The minimum absolute atomic E-state index is 0.126. The van der Waals surface area contributed by atoms with Crippen molar-refractivity contribution in [3.05, 3.63) is 70.9 Å². The van der Waals surface area contributed by atoms with E-state index in [1.54, 1.807) is 7.05 Å². The van der Waals surface area contributed by atoms with Gasteiger partial charge in [0.2, 0.25) is 0 Å². The molecule has 8 heteroatoms. The predicted molar refractivity (Wildman–Crippen MR) is 99.4 cm³/mol. The van der Waals surface area contributed by atoms with E-state index in [0.29, 0.717) is 5.52 Å². The van der Waals surface area contributed by atoms with Crippen LogP contribution in [0.2, 0.25) is 0 Å². The first-order valence-corrected chi connectivity index (χ1v) is 8.94. The van der Waals surface area contributed by atoms with Crippen molar-refractivity contribution >= 4 is 22.8 Å². The van der Waals surface area contributed by atoms with E-state index in [4.69, 9.17) is 0 Å². The van der Waals surface area contributed by atoms with Crippen LogP contribution in [0.5, 0.6) is 0 Å². The van der Waals surface area contributed by atoms with Crippen LogP contribution in [0.3, 0.4) is 0 Å². The lowest BCUT2D eigenvalue weighted by molar-refractivity contribution is -0.143. The molecule has 0 radical (unpaired) electrons. The molecular formula is C21H17F3N2O3. The summed E-state index contributed by atoms with van der Waals surface area (Å²) < 4.78 is 40.5. The van der Waals surface area contributed by atoms with Crippen LogP contribution >= 0.6 is 0 Å². The van der Waals surface area contributed by atoms with Gasteiger partial charge in [0.15, 0.2) is 0 Å². The number of benzene rings is 2. The lowest BCUT2D eigenvalue weighted by Gasteiger charge is -2.34. The average Bonchev–Trinajstić information content (AvgIpc) is 3.01. The fourth-order valence-corrected chi connectivity index (χ4v) is 3.84.